The monoisotopic (exact) mass is 247 g/mol. The maximum Gasteiger partial charge on any atom is 0.416 e. The Morgan fingerprint density at radius 2 is 1.76 bits per heavy atom. The predicted octanol–water partition coefficient (Wildman–Crippen LogP) is 3.45. The van der Waals surface area contributed by atoms with Crippen molar-refractivity contribution in [1.82, 2.24) is 0 Å². The van der Waals surface area contributed by atoms with Gasteiger partial charge in [0, 0.05) is 6.54 Å². The summed E-state index contributed by atoms with van der Waals surface area (Å²) in [4.78, 5) is 0. The fourth-order valence-corrected chi connectivity index (χ4v) is 1.37. The molecule has 0 unspecified atom stereocenters. The molecule has 0 amide bonds. The molecule has 0 spiro atoms. The lowest BCUT2D eigenvalue weighted by molar-refractivity contribution is -0.137. The van der Waals surface area contributed by atoms with Gasteiger partial charge in [-0.25, -0.2) is 4.39 Å². The van der Waals surface area contributed by atoms with Crippen molar-refractivity contribution in [3.8, 4) is 0 Å². The van der Waals surface area contributed by atoms with Crippen LogP contribution in [0.4, 0.5) is 17.6 Å². The van der Waals surface area contributed by atoms with Crippen LogP contribution in [-0.2, 0) is 12.6 Å². The second kappa shape index (κ2) is 5.82. The SMILES string of the molecule is NC/C(=C\F)CCc1ccc(C(F)(F)F)cc1. The molecule has 0 atom stereocenters. The third-order valence-electron chi connectivity index (χ3n) is 2.43. The van der Waals surface area contributed by atoms with Gasteiger partial charge in [0.2, 0.25) is 0 Å². The van der Waals surface area contributed by atoms with E-state index in [1.54, 1.807) is 0 Å². The van der Waals surface area contributed by atoms with Crippen LogP contribution >= 0.6 is 0 Å². The van der Waals surface area contributed by atoms with Gasteiger partial charge in [0.05, 0.1) is 11.9 Å². The van der Waals surface area contributed by atoms with Crippen LogP contribution in [0, 0.1) is 0 Å². The van der Waals surface area contributed by atoms with E-state index in [0.29, 0.717) is 24.7 Å². The van der Waals surface area contributed by atoms with Gasteiger partial charge in [-0.2, -0.15) is 13.2 Å². The van der Waals surface area contributed by atoms with E-state index in [1.165, 1.54) is 12.1 Å². The lowest BCUT2D eigenvalue weighted by Gasteiger charge is -2.08. The number of halogens is 4. The second-order valence-corrected chi connectivity index (χ2v) is 3.67. The number of hydrogen-bond acceptors (Lipinski definition) is 1. The fraction of sp³-hybridized carbons (Fsp3) is 0.333. The molecule has 0 saturated heterocycles. The third kappa shape index (κ3) is 4.19. The standard InChI is InChI=1S/C12H13F4N/c13-7-10(8-17)2-1-9-3-5-11(6-4-9)12(14,15)16/h3-7H,1-2,8,17H2/b10-7-. The fourth-order valence-electron chi connectivity index (χ4n) is 1.37. The summed E-state index contributed by atoms with van der Waals surface area (Å²) >= 11 is 0. The maximum absolute atomic E-state index is 12.3. The summed E-state index contributed by atoms with van der Waals surface area (Å²) in [5.41, 5.74) is 5.77. The molecule has 0 saturated carbocycles. The molecule has 0 heterocycles. The van der Waals surface area contributed by atoms with Crippen LogP contribution in [0.2, 0.25) is 0 Å². The van der Waals surface area contributed by atoms with Gasteiger partial charge in [-0.3, -0.25) is 0 Å². The lowest BCUT2D eigenvalue weighted by Crippen LogP contribution is -2.05. The first-order chi connectivity index (χ1) is 7.97. The highest BCUT2D eigenvalue weighted by atomic mass is 19.4. The van der Waals surface area contributed by atoms with E-state index in [4.69, 9.17) is 5.73 Å². The van der Waals surface area contributed by atoms with Crippen molar-refractivity contribution < 1.29 is 17.6 Å². The van der Waals surface area contributed by atoms with E-state index >= 15 is 0 Å². The minimum Gasteiger partial charge on any atom is -0.327 e. The van der Waals surface area contributed by atoms with Crippen molar-refractivity contribution in [2.24, 2.45) is 5.73 Å². The largest absolute Gasteiger partial charge is 0.416 e. The van der Waals surface area contributed by atoms with Gasteiger partial charge in [0.25, 0.3) is 0 Å². The highest BCUT2D eigenvalue weighted by Gasteiger charge is 2.29. The summed E-state index contributed by atoms with van der Waals surface area (Å²) in [5, 5.41) is 0. The zero-order chi connectivity index (χ0) is 12.9. The Morgan fingerprint density at radius 1 is 1.18 bits per heavy atom. The quantitative estimate of drug-likeness (QED) is 0.810. The van der Waals surface area contributed by atoms with E-state index < -0.39 is 11.7 Å². The van der Waals surface area contributed by atoms with Gasteiger partial charge in [-0.1, -0.05) is 12.1 Å². The molecule has 2 N–H and O–H groups in total. The minimum absolute atomic E-state index is 0.122. The number of aryl methyl sites for hydroxylation is 1. The molecule has 1 aromatic carbocycles. The van der Waals surface area contributed by atoms with Crippen molar-refractivity contribution in [3.63, 3.8) is 0 Å². The van der Waals surface area contributed by atoms with E-state index in [-0.39, 0.29) is 6.54 Å². The van der Waals surface area contributed by atoms with Crippen LogP contribution in [0.5, 0.6) is 0 Å². The molecule has 1 nitrogen and oxygen atoms in total. The molecule has 0 aromatic heterocycles. The molecule has 94 valence electrons. The van der Waals surface area contributed by atoms with E-state index in [2.05, 4.69) is 0 Å². The molecule has 0 aliphatic carbocycles. The average Bonchev–Trinajstić information content (AvgIpc) is 2.30. The second-order valence-electron chi connectivity index (χ2n) is 3.67. The first kappa shape index (κ1) is 13.7. The van der Waals surface area contributed by atoms with Gasteiger partial charge >= 0.3 is 6.18 Å². The number of hydrogen-bond donors (Lipinski definition) is 1. The molecule has 1 aromatic rings. The molecule has 0 fully saturated rings. The van der Waals surface area contributed by atoms with Crippen molar-refractivity contribution >= 4 is 0 Å². The van der Waals surface area contributed by atoms with E-state index in [1.807, 2.05) is 0 Å². The molecule has 0 bridgehead atoms. The summed E-state index contributed by atoms with van der Waals surface area (Å²) in [6.45, 7) is 0.122. The highest BCUT2D eigenvalue weighted by molar-refractivity contribution is 5.25. The molecule has 0 aliphatic rings. The smallest absolute Gasteiger partial charge is 0.327 e. The van der Waals surface area contributed by atoms with Crippen LogP contribution in [-0.4, -0.2) is 6.54 Å². The highest BCUT2D eigenvalue weighted by Crippen LogP contribution is 2.29. The number of rotatable bonds is 4. The Morgan fingerprint density at radius 3 is 2.18 bits per heavy atom. The molecule has 0 aliphatic heterocycles. The molecular formula is C12H13F4N. The third-order valence-corrected chi connectivity index (χ3v) is 2.43. The van der Waals surface area contributed by atoms with Crippen LogP contribution in [0.3, 0.4) is 0 Å². The van der Waals surface area contributed by atoms with Crippen LogP contribution in [0.15, 0.2) is 36.2 Å². The zero-order valence-corrected chi connectivity index (χ0v) is 9.10. The lowest BCUT2D eigenvalue weighted by atomic mass is 10.0. The Kier molecular flexibility index (Phi) is 4.69. The first-order valence-electron chi connectivity index (χ1n) is 5.11. The van der Waals surface area contributed by atoms with Gasteiger partial charge in [0.1, 0.15) is 0 Å². The number of nitrogens with two attached hydrogens (primary N) is 1. The molecule has 17 heavy (non-hydrogen) atoms. The molecule has 1 rings (SSSR count). The van der Waals surface area contributed by atoms with E-state index in [9.17, 15) is 17.6 Å². The first-order valence-corrected chi connectivity index (χ1v) is 5.11. The van der Waals surface area contributed by atoms with Crippen molar-refractivity contribution in [2.45, 2.75) is 19.0 Å². The minimum atomic E-state index is -4.32. The maximum atomic E-state index is 12.3. The summed E-state index contributed by atoms with van der Waals surface area (Å²) in [7, 11) is 0. The predicted molar refractivity (Wildman–Crippen MR) is 58.0 cm³/mol. The normalized spacial score (nSPS) is 12.9. The number of alkyl halides is 3. The van der Waals surface area contributed by atoms with Gasteiger partial charge in [-0.15, -0.1) is 0 Å². The van der Waals surface area contributed by atoms with Gasteiger partial charge in [-0.05, 0) is 36.1 Å². The topological polar surface area (TPSA) is 26.0 Å². The zero-order valence-electron chi connectivity index (χ0n) is 9.10. The van der Waals surface area contributed by atoms with E-state index in [0.717, 1.165) is 17.7 Å². The summed E-state index contributed by atoms with van der Waals surface area (Å²) in [6.07, 6.45) is -2.98. The summed E-state index contributed by atoms with van der Waals surface area (Å²) in [5.74, 6) is 0. The van der Waals surface area contributed by atoms with Crippen molar-refractivity contribution in [2.75, 3.05) is 6.54 Å². The van der Waals surface area contributed by atoms with Gasteiger partial charge in [0.15, 0.2) is 0 Å². The van der Waals surface area contributed by atoms with Crippen molar-refractivity contribution in [1.29, 1.82) is 0 Å². The Hall–Kier alpha value is -1.36. The Labute approximate surface area is 96.9 Å². The Bertz CT molecular complexity index is 378. The summed E-state index contributed by atoms with van der Waals surface area (Å²) < 4.78 is 49.0. The van der Waals surface area contributed by atoms with Crippen LogP contribution in [0.1, 0.15) is 17.5 Å². The molecule has 0 radical (unpaired) electrons. The summed E-state index contributed by atoms with van der Waals surface area (Å²) in [6, 6.07) is 4.84. The van der Waals surface area contributed by atoms with Crippen LogP contribution in [0.25, 0.3) is 0 Å². The van der Waals surface area contributed by atoms with Crippen molar-refractivity contribution in [3.05, 3.63) is 47.3 Å². The Balaban J connectivity index is 2.63. The average molecular weight is 247 g/mol. The number of benzene rings is 1. The van der Waals surface area contributed by atoms with Crippen LogP contribution < -0.4 is 5.73 Å². The molecular weight excluding hydrogens is 234 g/mol. The molecule has 5 heteroatoms. The van der Waals surface area contributed by atoms with Gasteiger partial charge < -0.3 is 5.73 Å².